The van der Waals surface area contributed by atoms with Gasteiger partial charge in [-0.3, -0.25) is 4.79 Å². The lowest BCUT2D eigenvalue weighted by Crippen LogP contribution is -2.11. The summed E-state index contributed by atoms with van der Waals surface area (Å²) < 4.78 is 44.0. The monoisotopic (exact) mass is 304 g/mol. The lowest BCUT2D eigenvalue weighted by atomic mass is 10.3. The fourth-order valence-electron chi connectivity index (χ4n) is 1.54. The van der Waals surface area contributed by atoms with Crippen LogP contribution in [0.2, 0.25) is 5.15 Å². The molecule has 1 aromatic heterocycles. The van der Waals surface area contributed by atoms with Gasteiger partial charge in [-0.15, -0.1) is 0 Å². The predicted molar refractivity (Wildman–Crippen MR) is 64.9 cm³/mol. The number of alkyl halides is 3. The number of esters is 1. The van der Waals surface area contributed by atoms with E-state index in [0.29, 0.717) is 5.69 Å². The Balaban J connectivity index is 2.62. The molecule has 1 aromatic carbocycles. The number of rotatable bonds is 2. The van der Waals surface area contributed by atoms with Crippen LogP contribution in [0, 0.1) is 0 Å². The van der Waals surface area contributed by atoms with E-state index in [0.717, 1.165) is 11.6 Å². The zero-order valence-electron chi connectivity index (χ0n) is 10.1. The normalized spacial score (nSPS) is 11.4. The number of carbonyl (C=O) groups excluding carboxylic acids is 1. The van der Waals surface area contributed by atoms with Crippen LogP contribution in [0.15, 0.2) is 30.3 Å². The second-order valence-corrected chi connectivity index (χ2v) is 4.17. The zero-order chi connectivity index (χ0) is 14.9. The molecule has 0 atom stereocenters. The van der Waals surface area contributed by atoms with Gasteiger partial charge in [0.15, 0.2) is 5.15 Å². The van der Waals surface area contributed by atoms with Crippen LogP contribution in [0.25, 0.3) is 5.69 Å². The molecule has 1 heterocycles. The van der Waals surface area contributed by atoms with Crippen LogP contribution in [-0.4, -0.2) is 15.7 Å². The van der Waals surface area contributed by atoms with Crippen LogP contribution < -0.4 is 4.74 Å². The molecule has 2 rings (SSSR count). The Labute approximate surface area is 116 Å². The standard InChI is InChI=1S/C12H8ClF3N2O2/c1-7(19)20-9-10(12(14,15)16)17-18(11(9)13)8-5-3-2-4-6-8/h2-6H,1H3. The highest BCUT2D eigenvalue weighted by Crippen LogP contribution is 2.40. The van der Waals surface area contributed by atoms with E-state index < -0.39 is 28.7 Å². The first-order valence-electron chi connectivity index (χ1n) is 5.40. The molecule has 0 aliphatic heterocycles. The quantitative estimate of drug-likeness (QED) is 0.798. The van der Waals surface area contributed by atoms with Crippen molar-refractivity contribution in [2.75, 3.05) is 0 Å². The molecule has 0 aliphatic carbocycles. The van der Waals surface area contributed by atoms with Gasteiger partial charge >= 0.3 is 12.1 Å². The van der Waals surface area contributed by atoms with Gasteiger partial charge in [0.25, 0.3) is 0 Å². The summed E-state index contributed by atoms with van der Waals surface area (Å²) in [5.74, 6) is -1.71. The minimum Gasteiger partial charge on any atom is -0.421 e. The number of hydrogen-bond donors (Lipinski definition) is 0. The van der Waals surface area contributed by atoms with Gasteiger partial charge in [0.05, 0.1) is 5.69 Å². The number of aromatic nitrogens is 2. The summed E-state index contributed by atoms with van der Waals surface area (Å²) in [7, 11) is 0. The van der Waals surface area contributed by atoms with Crippen molar-refractivity contribution in [3.05, 3.63) is 41.2 Å². The molecule has 0 fully saturated rings. The van der Waals surface area contributed by atoms with E-state index in [1.807, 2.05) is 0 Å². The highest BCUT2D eigenvalue weighted by molar-refractivity contribution is 6.31. The summed E-state index contributed by atoms with van der Waals surface area (Å²) in [6.07, 6.45) is -4.78. The van der Waals surface area contributed by atoms with E-state index in [1.54, 1.807) is 18.2 Å². The molecule has 0 aliphatic rings. The average Bonchev–Trinajstić information content (AvgIpc) is 2.67. The lowest BCUT2D eigenvalue weighted by molar-refractivity contribution is -0.144. The van der Waals surface area contributed by atoms with E-state index in [1.165, 1.54) is 12.1 Å². The maximum Gasteiger partial charge on any atom is 0.438 e. The Morgan fingerprint density at radius 1 is 1.30 bits per heavy atom. The third-order valence-electron chi connectivity index (χ3n) is 2.30. The molecule has 20 heavy (non-hydrogen) atoms. The molecular weight excluding hydrogens is 297 g/mol. The molecule has 0 unspecified atom stereocenters. The molecule has 0 amide bonds. The molecule has 0 radical (unpaired) electrons. The minimum atomic E-state index is -4.78. The third-order valence-corrected chi connectivity index (χ3v) is 2.64. The third kappa shape index (κ3) is 2.77. The Morgan fingerprint density at radius 3 is 2.40 bits per heavy atom. The predicted octanol–water partition coefficient (Wildman–Crippen LogP) is 3.47. The van der Waals surface area contributed by atoms with Crippen molar-refractivity contribution in [2.24, 2.45) is 0 Å². The van der Waals surface area contributed by atoms with Crippen LogP contribution in [-0.2, 0) is 11.0 Å². The van der Waals surface area contributed by atoms with Crippen LogP contribution in [0.5, 0.6) is 5.75 Å². The highest BCUT2D eigenvalue weighted by Gasteiger charge is 2.41. The van der Waals surface area contributed by atoms with Crippen LogP contribution >= 0.6 is 11.6 Å². The van der Waals surface area contributed by atoms with E-state index in [-0.39, 0.29) is 0 Å². The molecule has 0 spiro atoms. The molecule has 106 valence electrons. The molecule has 8 heteroatoms. The average molecular weight is 305 g/mol. The number of para-hydroxylation sites is 1. The summed E-state index contributed by atoms with van der Waals surface area (Å²) in [6, 6.07) is 7.98. The van der Waals surface area contributed by atoms with E-state index >= 15 is 0 Å². The van der Waals surface area contributed by atoms with Crippen molar-refractivity contribution in [3.63, 3.8) is 0 Å². The molecular formula is C12H8ClF3N2O2. The summed E-state index contributed by atoms with van der Waals surface area (Å²) in [6.45, 7) is 0.982. The number of hydrogen-bond acceptors (Lipinski definition) is 3. The second kappa shape index (κ2) is 5.16. The molecule has 0 N–H and O–H groups in total. The fraction of sp³-hybridized carbons (Fsp3) is 0.167. The number of ether oxygens (including phenoxy) is 1. The van der Waals surface area contributed by atoms with Gasteiger partial charge in [-0.05, 0) is 12.1 Å². The van der Waals surface area contributed by atoms with E-state index in [9.17, 15) is 18.0 Å². The van der Waals surface area contributed by atoms with Crippen molar-refractivity contribution >= 4 is 17.6 Å². The Morgan fingerprint density at radius 2 is 1.90 bits per heavy atom. The van der Waals surface area contributed by atoms with Crippen molar-refractivity contribution in [1.82, 2.24) is 9.78 Å². The van der Waals surface area contributed by atoms with Crippen molar-refractivity contribution in [3.8, 4) is 11.4 Å². The van der Waals surface area contributed by atoms with Crippen molar-refractivity contribution in [1.29, 1.82) is 0 Å². The number of benzene rings is 1. The van der Waals surface area contributed by atoms with Gasteiger partial charge in [-0.25, -0.2) is 4.68 Å². The van der Waals surface area contributed by atoms with Gasteiger partial charge in [0, 0.05) is 6.92 Å². The lowest BCUT2D eigenvalue weighted by Gasteiger charge is -2.04. The summed E-state index contributed by atoms with van der Waals surface area (Å²) >= 11 is 5.84. The first-order valence-corrected chi connectivity index (χ1v) is 5.78. The molecule has 0 bridgehead atoms. The number of carbonyl (C=O) groups is 1. The Bertz CT molecular complexity index is 638. The molecule has 4 nitrogen and oxygen atoms in total. The SMILES string of the molecule is CC(=O)Oc1c(C(F)(F)F)nn(-c2ccccc2)c1Cl. The first-order chi connectivity index (χ1) is 9.30. The van der Waals surface area contributed by atoms with Crippen molar-refractivity contribution in [2.45, 2.75) is 13.1 Å². The van der Waals surface area contributed by atoms with Crippen LogP contribution in [0.1, 0.15) is 12.6 Å². The Kier molecular flexibility index (Phi) is 3.71. The van der Waals surface area contributed by atoms with Gasteiger partial charge < -0.3 is 4.74 Å². The number of nitrogens with zero attached hydrogens (tertiary/aromatic N) is 2. The van der Waals surface area contributed by atoms with Gasteiger partial charge in [0.1, 0.15) is 0 Å². The fourth-order valence-corrected chi connectivity index (χ4v) is 1.81. The zero-order valence-corrected chi connectivity index (χ0v) is 10.9. The smallest absolute Gasteiger partial charge is 0.421 e. The Hall–Kier alpha value is -2.02. The van der Waals surface area contributed by atoms with Gasteiger partial charge in [0.2, 0.25) is 11.4 Å². The van der Waals surface area contributed by atoms with E-state index in [2.05, 4.69) is 9.84 Å². The van der Waals surface area contributed by atoms with Crippen LogP contribution in [0.3, 0.4) is 0 Å². The van der Waals surface area contributed by atoms with Gasteiger partial charge in [-0.1, -0.05) is 29.8 Å². The minimum absolute atomic E-state index is 0.321. The maximum atomic E-state index is 12.9. The molecule has 0 saturated heterocycles. The van der Waals surface area contributed by atoms with Crippen molar-refractivity contribution < 1.29 is 22.7 Å². The molecule has 2 aromatic rings. The largest absolute Gasteiger partial charge is 0.438 e. The van der Waals surface area contributed by atoms with Gasteiger partial charge in [-0.2, -0.15) is 18.3 Å². The topological polar surface area (TPSA) is 44.1 Å². The molecule has 0 saturated carbocycles. The first kappa shape index (κ1) is 14.4. The van der Waals surface area contributed by atoms with Crippen LogP contribution in [0.4, 0.5) is 13.2 Å². The summed E-state index contributed by atoms with van der Waals surface area (Å²) in [5, 5.41) is 2.97. The second-order valence-electron chi connectivity index (χ2n) is 3.81. The number of halogens is 4. The highest BCUT2D eigenvalue weighted by atomic mass is 35.5. The summed E-state index contributed by atoms with van der Waals surface area (Å²) in [4.78, 5) is 10.9. The maximum absolute atomic E-state index is 12.9. The van der Waals surface area contributed by atoms with E-state index in [4.69, 9.17) is 11.6 Å². The summed E-state index contributed by atoms with van der Waals surface area (Å²) in [5.41, 5.74) is -1.03.